The van der Waals surface area contributed by atoms with Crippen molar-refractivity contribution in [3.8, 4) is 0 Å². The first kappa shape index (κ1) is 16.8. The second-order valence-electron chi connectivity index (χ2n) is 5.08. The van der Waals surface area contributed by atoms with Gasteiger partial charge in [0, 0.05) is 28.5 Å². The van der Waals surface area contributed by atoms with E-state index in [2.05, 4.69) is 10.6 Å². The van der Waals surface area contributed by atoms with Crippen molar-refractivity contribution < 1.29 is 9.72 Å². The lowest BCUT2D eigenvalue weighted by molar-refractivity contribution is -0.384. The molecular weight excluding hydrogens is 318 g/mol. The molecule has 1 atom stereocenters. The number of anilines is 2. The van der Waals surface area contributed by atoms with Gasteiger partial charge in [-0.25, -0.2) is 0 Å². The van der Waals surface area contributed by atoms with E-state index in [0.29, 0.717) is 16.4 Å². The summed E-state index contributed by atoms with van der Waals surface area (Å²) in [5.74, 6) is -0.262. The highest BCUT2D eigenvalue weighted by Gasteiger charge is 2.15. The first-order chi connectivity index (χ1) is 10.9. The van der Waals surface area contributed by atoms with Crippen LogP contribution in [-0.4, -0.2) is 16.9 Å². The predicted molar refractivity (Wildman–Crippen MR) is 91.0 cm³/mol. The summed E-state index contributed by atoms with van der Waals surface area (Å²) >= 11 is 6.02. The monoisotopic (exact) mass is 333 g/mol. The average Bonchev–Trinajstić information content (AvgIpc) is 2.52. The Bertz CT molecular complexity index is 749. The second kappa shape index (κ2) is 7.11. The molecule has 0 saturated heterocycles. The van der Waals surface area contributed by atoms with Crippen LogP contribution in [0.25, 0.3) is 0 Å². The minimum atomic E-state index is -0.574. The third-order valence-corrected chi connectivity index (χ3v) is 3.77. The van der Waals surface area contributed by atoms with Crippen LogP contribution in [0.2, 0.25) is 5.02 Å². The summed E-state index contributed by atoms with van der Waals surface area (Å²) in [4.78, 5) is 22.5. The molecular formula is C16H16ClN3O3. The van der Waals surface area contributed by atoms with Crippen molar-refractivity contribution in [2.75, 3.05) is 10.6 Å². The van der Waals surface area contributed by atoms with Crippen molar-refractivity contribution in [3.05, 3.63) is 63.2 Å². The molecule has 2 N–H and O–H groups in total. The van der Waals surface area contributed by atoms with Crippen LogP contribution in [0.15, 0.2) is 42.5 Å². The number of benzene rings is 2. The van der Waals surface area contributed by atoms with Crippen LogP contribution < -0.4 is 10.6 Å². The third kappa shape index (κ3) is 4.20. The Labute approximate surface area is 138 Å². The van der Waals surface area contributed by atoms with Gasteiger partial charge in [-0.1, -0.05) is 23.7 Å². The third-order valence-electron chi connectivity index (χ3n) is 3.36. The van der Waals surface area contributed by atoms with E-state index in [1.54, 1.807) is 37.3 Å². The highest BCUT2D eigenvalue weighted by molar-refractivity contribution is 6.31. The largest absolute Gasteiger partial charge is 0.374 e. The Balaban J connectivity index is 2.07. The van der Waals surface area contributed by atoms with Crippen LogP contribution >= 0.6 is 11.6 Å². The fraction of sp³-hybridized carbons (Fsp3) is 0.188. The lowest BCUT2D eigenvalue weighted by Crippen LogP contribution is -2.32. The Morgan fingerprint density at radius 2 is 1.96 bits per heavy atom. The van der Waals surface area contributed by atoms with Crippen molar-refractivity contribution in [2.24, 2.45) is 0 Å². The number of carbonyl (C=O) groups excluding carboxylic acids is 1. The number of nitro groups is 1. The Kier molecular flexibility index (Phi) is 5.18. The molecule has 0 unspecified atom stereocenters. The average molecular weight is 334 g/mol. The number of nitro benzene ring substituents is 1. The quantitative estimate of drug-likeness (QED) is 0.640. The molecule has 0 aliphatic heterocycles. The van der Waals surface area contributed by atoms with Crippen molar-refractivity contribution in [1.29, 1.82) is 0 Å². The number of carbonyl (C=O) groups is 1. The summed E-state index contributed by atoms with van der Waals surface area (Å²) in [6.07, 6.45) is 0. The first-order valence-electron chi connectivity index (χ1n) is 6.95. The number of nitrogens with one attached hydrogen (secondary N) is 2. The zero-order chi connectivity index (χ0) is 17.0. The Hall–Kier alpha value is -2.60. The second-order valence-corrected chi connectivity index (χ2v) is 5.48. The molecule has 1 amide bonds. The highest BCUT2D eigenvalue weighted by Crippen LogP contribution is 2.23. The molecule has 120 valence electrons. The molecule has 0 bridgehead atoms. The molecule has 0 aliphatic carbocycles. The molecule has 0 radical (unpaired) electrons. The summed E-state index contributed by atoms with van der Waals surface area (Å²) in [5, 5.41) is 17.1. The number of amides is 1. The minimum absolute atomic E-state index is 0.0340. The van der Waals surface area contributed by atoms with E-state index in [1.807, 2.05) is 6.92 Å². The number of hydrogen-bond donors (Lipinski definition) is 2. The molecule has 0 spiro atoms. The van der Waals surface area contributed by atoms with Crippen molar-refractivity contribution in [1.82, 2.24) is 0 Å². The molecule has 0 saturated carbocycles. The lowest BCUT2D eigenvalue weighted by atomic mass is 10.2. The maximum atomic E-state index is 12.2. The summed E-state index contributed by atoms with van der Waals surface area (Å²) in [6, 6.07) is 10.7. The smallest absolute Gasteiger partial charge is 0.271 e. The summed E-state index contributed by atoms with van der Waals surface area (Å²) in [6.45, 7) is 3.49. The van der Waals surface area contributed by atoms with Crippen LogP contribution in [0, 0.1) is 17.0 Å². The number of halogens is 1. The van der Waals surface area contributed by atoms with E-state index in [1.165, 1.54) is 12.1 Å². The van der Waals surface area contributed by atoms with E-state index in [9.17, 15) is 14.9 Å². The lowest BCUT2D eigenvalue weighted by Gasteiger charge is -2.16. The Morgan fingerprint density at radius 3 is 2.65 bits per heavy atom. The summed E-state index contributed by atoms with van der Waals surface area (Å²) in [5.41, 5.74) is 1.89. The molecule has 23 heavy (non-hydrogen) atoms. The molecule has 0 aliphatic rings. The molecule has 6 nitrogen and oxygen atoms in total. The van der Waals surface area contributed by atoms with Gasteiger partial charge in [0.25, 0.3) is 5.69 Å². The molecule has 2 rings (SSSR count). The SMILES string of the molecule is Cc1c(Cl)cccc1NC(=O)[C@@H](C)Nc1cccc([N+](=O)[O-])c1. The van der Waals surface area contributed by atoms with E-state index >= 15 is 0 Å². The van der Waals surface area contributed by atoms with E-state index < -0.39 is 11.0 Å². The zero-order valence-electron chi connectivity index (χ0n) is 12.7. The van der Waals surface area contributed by atoms with Gasteiger partial charge < -0.3 is 10.6 Å². The van der Waals surface area contributed by atoms with Gasteiger partial charge in [0.2, 0.25) is 5.91 Å². The number of hydrogen-bond acceptors (Lipinski definition) is 4. The topological polar surface area (TPSA) is 84.3 Å². The van der Waals surface area contributed by atoms with Gasteiger partial charge in [0.05, 0.1) is 4.92 Å². The molecule has 0 aromatic heterocycles. The van der Waals surface area contributed by atoms with Crippen molar-refractivity contribution >= 4 is 34.6 Å². The van der Waals surface area contributed by atoms with Crippen LogP contribution in [0.5, 0.6) is 0 Å². The first-order valence-corrected chi connectivity index (χ1v) is 7.33. The molecule has 2 aromatic rings. The van der Waals surface area contributed by atoms with Crippen molar-refractivity contribution in [2.45, 2.75) is 19.9 Å². The van der Waals surface area contributed by atoms with E-state index in [4.69, 9.17) is 11.6 Å². The number of rotatable bonds is 5. The molecule has 7 heteroatoms. The minimum Gasteiger partial charge on any atom is -0.374 e. The van der Waals surface area contributed by atoms with Gasteiger partial charge in [-0.2, -0.15) is 0 Å². The van der Waals surface area contributed by atoms with Gasteiger partial charge >= 0.3 is 0 Å². The van der Waals surface area contributed by atoms with E-state index in [-0.39, 0.29) is 11.6 Å². The van der Waals surface area contributed by atoms with Crippen LogP contribution in [-0.2, 0) is 4.79 Å². The Morgan fingerprint density at radius 1 is 1.26 bits per heavy atom. The van der Waals surface area contributed by atoms with Gasteiger partial charge in [0.15, 0.2) is 0 Å². The van der Waals surface area contributed by atoms with Gasteiger partial charge in [-0.05, 0) is 37.6 Å². The molecule has 2 aromatic carbocycles. The zero-order valence-corrected chi connectivity index (χ0v) is 13.4. The van der Waals surface area contributed by atoms with Gasteiger partial charge in [-0.15, -0.1) is 0 Å². The van der Waals surface area contributed by atoms with Crippen LogP contribution in [0.3, 0.4) is 0 Å². The maximum absolute atomic E-state index is 12.2. The summed E-state index contributed by atoms with van der Waals surface area (Å²) < 4.78 is 0. The van der Waals surface area contributed by atoms with Crippen molar-refractivity contribution in [3.63, 3.8) is 0 Å². The number of nitrogens with zero attached hydrogens (tertiary/aromatic N) is 1. The number of non-ortho nitro benzene ring substituents is 1. The fourth-order valence-electron chi connectivity index (χ4n) is 2.01. The van der Waals surface area contributed by atoms with E-state index in [0.717, 1.165) is 5.56 Å². The van der Waals surface area contributed by atoms with Crippen LogP contribution in [0.1, 0.15) is 12.5 Å². The van der Waals surface area contributed by atoms with Gasteiger partial charge in [0.1, 0.15) is 6.04 Å². The fourth-order valence-corrected chi connectivity index (χ4v) is 2.18. The maximum Gasteiger partial charge on any atom is 0.271 e. The van der Waals surface area contributed by atoms with Gasteiger partial charge in [-0.3, -0.25) is 14.9 Å². The predicted octanol–water partition coefficient (Wildman–Crippen LogP) is 4.00. The highest BCUT2D eigenvalue weighted by atomic mass is 35.5. The molecule has 0 heterocycles. The normalized spacial score (nSPS) is 11.6. The molecule has 0 fully saturated rings. The summed E-state index contributed by atoms with van der Waals surface area (Å²) in [7, 11) is 0. The standard InChI is InChI=1S/C16H16ClN3O3/c1-10-14(17)7-4-8-15(10)19-16(21)11(2)18-12-5-3-6-13(9-12)20(22)23/h3-9,11,18H,1-2H3,(H,19,21)/t11-/m1/s1. The van der Waals surface area contributed by atoms with Crippen LogP contribution in [0.4, 0.5) is 17.1 Å².